The molecule has 0 saturated heterocycles. The van der Waals surface area contributed by atoms with E-state index in [1.165, 1.54) is 9.75 Å². The summed E-state index contributed by atoms with van der Waals surface area (Å²) < 4.78 is 2.23. The van der Waals surface area contributed by atoms with E-state index in [-0.39, 0.29) is 0 Å². The van der Waals surface area contributed by atoms with Crippen molar-refractivity contribution in [3.8, 4) is 21.3 Å². The van der Waals surface area contributed by atoms with E-state index in [9.17, 15) is 0 Å². The Morgan fingerprint density at radius 1 is 1.19 bits per heavy atom. The van der Waals surface area contributed by atoms with E-state index in [4.69, 9.17) is 0 Å². The molecule has 6 heteroatoms. The van der Waals surface area contributed by atoms with E-state index in [2.05, 4.69) is 57.1 Å². The fourth-order valence-corrected chi connectivity index (χ4v) is 3.26. The van der Waals surface area contributed by atoms with Gasteiger partial charge < -0.3 is 9.47 Å². The lowest BCUT2D eigenvalue weighted by Gasteiger charge is -2.10. The molecule has 3 aromatic heterocycles. The van der Waals surface area contributed by atoms with Crippen LogP contribution in [-0.2, 0) is 6.54 Å². The molecule has 1 N–H and O–H groups in total. The number of rotatable bonds is 6. The molecule has 0 spiro atoms. The fourth-order valence-electron chi connectivity index (χ4n) is 2.27. The summed E-state index contributed by atoms with van der Waals surface area (Å²) in [7, 11) is 4.20. The van der Waals surface area contributed by atoms with Gasteiger partial charge >= 0.3 is 0 Å². The third-order valence-electron chi connectivity index (χ3n) is 3.31. The van der Waals surface area contributed by atoms with Gasteiger partial charge in [-0.1, -0.05) is 0 Å². The Balaban J connectivity index is 1.77. The minimum atomic E-state index is 0.991. The third-order valence-corrected chi connectivity index (χ3v) is 4.43. The maximum absolute atomic E-state index is 4.51. The molecule has 0 unspecified atom stereocenters. The van der Waals surface area contributed by atoms with Crippen molar-refractivity contribution in [1.82, 2.24) is 24.6 Å². The molecule has 0 aliphatic heterocycles. The normalized spacial score (nSPS) is 11.4. The Hall–Kier alpha value is -1.92. The Kier molecular flexibility index (Phi) is 4.17. The summed E-state index contributed by atoms with van der Waals surface area (Å²) in [6, 6.07) is 6.23. The first-order valence-electron chi connectivity index (χ1n) is 7.00. The molecular formula is C15H19N5S. The Morgan fingerprint density at radius 2 is 2.05 bits per heavy atom. The average molecular weight is 301 g/mol. The number of hydrogen-bond donors (Lipinski definition) is 1. The lowest BCUT2D eigenvalue weighted by atomic mass is 10.3. The van der Waals surface area contributed by atoms with Gasteiger partial charge in [-0.05, 0) is 45.3 Å². The van der Waals surface area contributed by atoms with E-state index in [1.54, 1.807) is 17.5 Å². The molecule has 21 heavy (non-hydrogen) atoms. The van der Waals surface area contributed by atoms with E-state index in [0.29, 0.717) is 0 Å². The fraction of sp³-hybridized carbons (Fsp3) is 0.333. The number of aromatic amines is 1. The van der Waals surface area contributed by atoms with Crippen molar-refractivity contribution in [2.75, 3.05) is 20.6 Å². The van der Waals surface area contributed by atoms with E-state index in [1.807, 2.05) is 12.3 Å². The summed E-state index contributed by atoms with van der Waals surface area (Å²) in [6.45, 7) is 2.08. The van der Waals surface area contributed by atoms with Gasteiger partial charge in [0.05, 0.1) is 15.4 Å². The number of thiophene rings is 1. The molecule has 3 rings (SSSR count). The molecule has 0 atom stereocenters. The van der Waals surface area contributed by atoms with E-state index >= 15 is 0 Å². The Bertz CT molecular complexity index is 681. The zero-order valence-corrected chi connectivity index (χ0v) is 13.1. The van der Waals surface area contributed by atoms with Crippen molar-refractivity contribution in [2.24, 2.45) is 0 Å². The molecule has 3 aromatic rings. The van der Waals surface area contributed by atoms with Crippen LogP contribution in [0, 0.1) is 0 Å². The van der Waals surface area contributed by atoms with Gasteiger partial charge in [0.1, 0.15) is 5.82 Å². The van der Waals surface area contributed by atoms with Crippen LogP contribution in [0.2, 0.25) is 0 Å². The van der Waals surface area contributed by atoms with Crippen LogP contribution in [0.25, 0.3) is 21.3 Å². The SMILES string of the molecule is CN(C)CCCn1ccnc1-c1ccc(-c2ccn[nH]2)s1. The molecule has 5 nitrogen and oxygen atoms in total. The molecule has 0 bridgehead atoms. The van der Waals surface area contributed by atoms with Gasteiger partial charge in [0.25, 0.3) is 0 Å². The van der Waals surface area contributed by atoms with Crippen LogP contribution in [-0.4, -0.2) is 45.3 Å². The molecule has 110 valence electrons. The highest BCUT2D eigenvalue weighted by Gasteiger charge is 2.10. The van der Waals surface area contributed by atoms with Crippen LogP contribution in [0.15, 0.2) is 36.8 Å². The van der Waals surface area contributed by atoms with Crippen LogP contribution in [0.1, 0.15) is 6.42 Å². The molecule has 0 radical (unpaired) electrons. The summed E-state index contributed by atoms with van der Waals surface area (Å²) in [5, 5.41) is 7.00. The summed E-state index contributed by atoms with van der Waals surface area (Å²) >= 11 is 1.74. The summed E-state index contributed by atoms with van der Waals surface area (Å²) in [6.07, 6.45) is 6.83. The summed E-state index contributed by atoms with van der Waals surface area (Å²) in [5.41, 5.74) is 1.05. The first kappa shape index (κ1) is 14.0. The topological polar surface area (TPSA) is 49.7 Å². The average Bonchev–Trinajstić information content (AvgIpc) is 3.19. The monoisotopic (exact) mass is 301 g/mol. The standard InChI is InChI=1S/C15H19N5S/c1-19(2)9-3-10-20-11-8-16-15(20)14-5-4-13(21-14)12-6-7-17-18-12/h4-8,11H,3,9-10H2,1-2H3,(H,17,18). The molecule has 0 aliphatic rings. The number of aryl methyl sites for hydroxylation is 1. The first-order chi connectivity index (χ1) is 10.2. The number of H-pyrrole nitrogens is 1. The second kappa shape index (κ2) is 6.24. The van der Waals surface area contributed by atoms with Gasteiger partial charge in [-0.15, -0.1) is 11.3 Å². The van der Waals surface area contributed by atoms with Crippen molar-refractivity contribution in [3.05, 3.63) is 36.8 Å². The van der Waals surface area contributed by atoms with Crippen molar-refractivity contribution in [1.29, 1.82) is 0 Å². The van der Waals surface area contributed by atoms with E-state index in [0.717, 1.165) is 31.0 Å². The van der Waals surface area contributed by atoms with Crippen LogP contribution in [0.4, 0.5) is 0 Å². The zero-order valence-electron chi connectivity index (χ0n) is 12.3. The van der Waals surface area contributed by atoms with Crippen LogP contribution < -0.4 is 0 Å². The third kappa shape index (κ3) is 3.22. The van der Waals surface area contributed by atoms with Crippen molar-refractivity contribution in [2.45, 2.75) is 13.0 Å². The predicted molar refractivity (Wildman–Crippen MR) is 86.3 cm³/mol. The molecular weight excluding hydrogens is 282 g/mol. The van der Waals surface area contributed by atoms with Crippen molar-refractivity contribution in [3.63, 3.8) is 0 Å². The number of imidazole rings is 1. The Labute approximate surface area is 128 Å². The second-order valence-corrected chi connectivity index (χ2v) is 6.32. The molecule has 0 saturated carbocycles. The van der Waals surface area contributed by atoms with Gasteiger partial charge in [-0.25, -0.2) is 4.98 Å². The minimum absolute atomic E-state index is 0.991. The molecule has 0 aromatic carbocycles. The van der Waals surface area contributed by atoms with Crippen LogP contribution in [0.5, 0.6) is 0 Å². The zero-order chi connectivity index (χ0) is 14.7. The van der Waals surface area contributed by atoms with Crippen LogP contribution in [0.3, 0.4) is 0 Å². The Morgan fingerprint density at radius 3 is 2.81 bits per heavy atom. The number of nitrogens with zero attached hydrogens (tertiary/aromatic N) is 4. The quantitative estimate of drug-likeness (QED) is 0.761. The maximum Gasteiger partial charge on any atom is 0.150 e. The highest BCUT2D eigenvalue weighted by atomic mass is 32.1. The summed E-state index contributed by atoms with van der Waals surface area (Å²) in [5.74, 6) is 1.05. The largest absolute Gasteiger partial charge is 0.330 e. The number of nitrogens with one attached hydrogen (secondary N) is 1. The first-order valence-corrected chi connectivity index (χ1v) is 7.81. The predicted octanol–water partition coefficient (Wildman–Crippen LogP) is 2.95. The highest BCUT2D eigenvalue weighted by Crippen LogP contribution is 2.32. The van der Waals surface area contributed by atoms with E-state index < -0.39 is 0 Å². The van der Waals surface area contributed by atoms with Gasteiger partial charge in [-0.2, -0.15) is 5.10 Å². The lowest BCUT2D eigenvalue weighted by Crippen LogP contribution is -2.15. The number of aromatic nitrogens is 4. The number of hydrogen-bond acceptors (Lipinski definition) is 4. The summed E-state index contributed by atoms with van der Waals surface area (Å²) in [4.78, 5) is 9.09. The van der Waals surface area contributed by atoms with Crippen molar-refractivity contribution >= 4 is 11.3 Å². The molecule has 0 fully saturated rings. The highest BCUT2D eigenvalue weighted by molar-refractivity contribution is 7.18. The van der Waals surface area contributed by atoms with Gasteiger partial charge in [0.15, 0.2) is 0 Å². The maximum atomic E-state index is 4.51. The van der Waals surface area contributed by atoms with Gasteiger partial charge in [0, 0.05) is 25.1 Å². The van der Waals surface area contributed by atoms with Gasteiger partial charge in [0.2, 0.25) is 0 Å². The lowest BCUT2D eigenvalue weighted by molar-refractivity contribution is 0.387. The minimum Gasteiger partial charge on any atom is -0.330 e. The van der Waals surface area contributed by atoms with Crippen molar-refractivity contribution < 1.29 is 0 Å². The van der Waals surface area contributed by atoms with Crippen LogP contribution >= 0.6 is 11.3 Å². The molecule has 3 heterocycles. The second-order valence-electron chi connectivity index (χ2n) is 5.24. The van der Waals surface area contributed by atoms with Gasteiger partial charge in [-0.3, -0.25) is 5.10 Å². The molecule has 0 amide bonds. The smallest absolute Gasteiger partial charge is 0.150 e. The molecule has 0 aliphatic carbocycles.